The molecule has 106 valence electrons. The van der Waals surface area contributed by atoms with Crippen molar-refractivity contribution in [2.24, 2.45) is 5.41 Å². The molecule has 0 N–H and O–H groups in total. The molecular weight excluding hydrogens is 244 g/mol. The van der Waals surface area contributed by atoms with Gasteiger partial charge in [0.2, 0.25) is 0 Å². The van der Waals surface area contributed by atoms with E-state index in [-0.39, 0.29) is 11.2 Å². The molecule has 0 saturated carbocycles. The number of hydrogen-bond donors (Lipinski definition) is 0. The zero-order valence-electron chi connectivity index (χ0n) is 12.5. The van der Waals surface area contributed by atoms with Crippen LogP contribution in [0.1, 0.15) is 37.6 Å². The number of carbonyl (C=O) groups excluding carboxylic acids is 1. The average Bonchev–Trinajstić information content (AvgIpc) is 2.34. The maximum absolute atomic E-state index is 12.4. The molecular formula is C15H22O4. The summed E-state index contributed by atoms with van der Waals surface area (Å²) in [6.07, 6.45) is 0.423. The fourth-order valence-corrected chi connectivity index (χ4v) is 1.85. The highest BCUT2D eigenvalue weighted by atomic mass is 16.5. The summed E-state index contributed by atoms with van der Waals surface area (Å²) < 4.78 is 15.7. The Bertz CT molecular complexity index is 433. The van der Waals surface area contributed by atoms with Crippen LogP contribution in [0.15, 0.2) is 12.1 Å². The summed E-state index contributed by atoms with van der Waals surface area (Å²) >= 11 is 0. The molecule has 4 nitrogen and oxygen atoms in total. The molecule has 1 rings (SSSR count). The van der Waals surface area contributed by atoms with Gasteiger partial charge < -0.3 is 14.2 Å². The first-order valence-electron chi connectivity index (χ1n) is 6.15. The van der Waals surface area contributed by atoms with Crippen LogP contribution in [0.25, 0.3) is 0 Å². The maximum Gasteiger partial charge on any atom is 0.170 e. The molecule has 0 fully saturated rings. The van der Waals surface area contributed by atoms with E-state index in [2.05, 4.69) is 0 Å². The number of ketones is 1. The molecule has 0 aliphatic heterocycles. The molecule has 0 saturated heterocycles. The van der Waals surface area contributed by atoms with Crippen LogP contribution in [0.4, 0.5) is 0 Å². The Labute approximate surface area is 114 Å². The predicted molar refractivity (Wildman–Crippen MR) is 74.5 cm³/mol. The van der Waals surface area contributed by atoms with Gasteiger partial charge in [0.05, 0.1) is 21.3 Å². The van der Waals surface area contributed by atoms with E-state index in [0.29, 0.717) is 29.2 Å². The van der Waals surface area contributed by atoms with Gasteiger partial charge in [0.1, 0.15) is 22.8 Å². The fraction of sp³-hybridized carbons (Fsp3) is 0.533. The van der Waals surface area contributed by atoms with Crippen LogP contribution in [0.5, 0.6) is 17.2 Å². The molecule has 1 aromatic carbocycles. The van der Waals surface area contributed by atoms with Gasteiger partial charge in [-0.3, -0.25) is 4.79 Å². The quantitative estimate of drug-likeness (QED) is 0.767. The Morgan fingerprint density at radius 3 is 1.79 bits per heavy atom. The van der Waals surface area contributed by atoms with Gasteiger partial charge in [-0.2, -0.15) is 0 Å². The van der Waals surface area contributed by atoms with Gasteiger partial charge in [-0.1, -0.05) is 20.8 Å². The largest absolute Gasteiger partial charge is 0.496 e. The van der Waals surface area contributed by atoms with Gasteiger partial charge in [-0.05, 0) is 5.41 Å². The summed E-state index contributed by atoms with van der Waals surface area (Å²) in [5.41, 5.74) is 0.383. The van der Waals surface area contributed by atoms with E-state index < -0.39 is 0 Å². The summed E-state index contributed by atoms with van der Waals surface area (Å²) in [4.78, 5) is 12.4. The Hall–Kier alpha value is -1.71. The number of ether oxygens (including phenoxy) is 3. The monoisotopic (exact) mass is 266 g/mol. The summed E-state index contributed by atoms with van der Waals surface area (Å²) in [7, 11) is 4.62. The number of benzene rings is 1. The van der Waals surface area contributed by atoms with E-state index in [1.807, 2.05) is 20.8 Å². The molecule has 0 radical (unpaired) electrons. The van der Waals surface area contributed by atoms with Crippen molar-refractivity contribution in [3.05, 3.63) is 17.7 Å². The Morgan fingerprint density at radius 2 is 1.47 bits per heavy atom. The molecule has 0 unspecified atom stereocenters. The highest BCUT2D eigenvalue weighted by Crippen LogP contribution is 2.36. The topological polar surface area (TPSA) is 44.8 Å². The van der Waals surface area contributed by atoms with Crippen molar-refractivity contribution in [3.63, 3.8) is 0 Å². The summed E-state index contributed by atoms with van der Waals surface area (Å²) in [5, 5.41) is 0. The summed E-state index contributed by atoms with van der Waals surface area (Å²) in [5.74, 6) is 1.56. The molecule has 0 spiro atoms. The molecule has 4 heteroatoms. The minimum absolute atomic E-state index is 0.00357. The van der Waals surface area contributed by atoms with E-state index in [1.54, 1.807) is 19.2 Å². The lowest BCUT2D eigenvalue weighted by atomic mass is 9.87. The lowest BCUT2D eigenvalue weighted by molar-refractivity contribution is 0.0933. The Balaban J connectivity index is 3.28. The molecule has 0 aromatic heterocycles. The number of rotatable bonds is 5. The van der Waals surface area contributed by atoms with Crippen molar-refractivity contribution in [3.8, 4) is 17.2 Å². The first-order chi connectivity index (χ1) is 8.82. The van der Waals surface area contributed by atoms with Gasteiger partial charge in [0.25, 0.3) is 0 Å². The molecule has 0 heterocycles. The van der Waals surface area contributed by atoms with Crippen LogP contribution in [0.3, 0.4) is 0 Å². The second kappa shape index (κ2) is 5.95. The van der Waals surface area contributed by atoms with Gasteiger partial charge in [-0.25, -0.2) is 0 Å². The third-order valence-electron chi connectivity index (χ3n) is 2.68. The van der Waals surface area contributed by atoms with E-state index >= 15 is 0 Å². The van der Waals surface area contributed by atoms with E-state index in [0.717, 1.165) is 0 Å². The van der Waals surface area contributed by atoms with Crippen LogP contribution < -0.4 is 14.2 Å². The second-order valence-electron chi connectivity index (χ2n) is 5.57. The smallest absolute Gasteiger partial charge is 0.170 e. The lowest BCUT2D eigenvalue weighted by Gasteiger charge is -2.19. The first-order valence-corrected chi connectivity index (χ1v) is 6.15. The molecule has 0 aliphatic carbocycles. The average molecular weight is 266 g/mol. The van der Waals surface area contributed by atoms with E-state index in [9.17, 15) is 4.79 Å². The molecule has 19 heavy (non-hydrogen) atoms. The number of hydrogen-bond acceptors (Lipinski definition) is 4. The minimum atomic E-state index is -0.0902. The van der Waals surface area contributed by atoms with Crippen molar-refractivity contribution in [1.82, 2.24) is 0 Å². The zero-order valence-corrected chi connectivity index (χ0v) is 12.5. The third kappa shape index (κ3) is 3.88. The number of carbonyl (C=O) groups is 1. The minimum Gasteiger partial charge on any atom is -0.496 e. The van der Waals surface area contributed by atoms with Gasteiger partial charge in [0.15, 0.2) is 5.78 Å². The van der Waals surface area contributed by atoms with Gasteiger partial charge in [0, 0.05) is 18.6 Å². The SMILES string of the molecule is COc1cc(OC)c(C(=O)CC(C)(C)C)c(OC)c1. The highest BCUT2D eigenvalue weighted by Gasteiger charge is 2.24. The fourth-order valence-electron chi connectivity index (χ4n) is 1.85. The molecule has 0 bridgehead atoms. The third-order valence-corrected chi connectivity index (χ3v) is 2.68. The van der Waals surface area contributed by atoms with Crippen LogP contribution >= 0.6 is 0 Å². The number of Topliss-reactive ketones (excluding diaryl/α,β-unsaturated/α-hetero) is 1. The summed E-state index contributed by atoms with van der Waals surface area (Å²) in [6, 6.07) is 3.39. The van der Waals surface area contributed by atoms with Crippen LogP contribution in [0, 0.1) is 5.41 Å². The molecule has 0 aliphatic rings. The Kier molecular flexibility index (Phi) is 4.81. The maximum atomic E-state index is 12.4. The van der Waals surface area contributed by atoms with Crippen LogP contribution in [0.2, 0.25) is 0 Å². The normalized spacial score (nSPS) is 11.1. The molecule has 0 amide bonds. The van der Waals surface area contributed by atoms with Crippen LogP contribution in [-0.2, 0) is 0 Å². The van der Waals surface area contributed by atoms with Crippen molar-refractivity contribution >= 4 is 5.78 Å². The van der Waals surface area contributed by atoms with E-state index in [1.165, 1.54) is 14.2 Å². The van der Waals surface area contributed by atoms with Crippen LogP contribution in [-0.4, -0.2) is 27.1 Å². The number of methoxy groups -OCH3 is 3. The zero-order chi connectivity index (χ0) is 14.6. The van der Waals surface area contributed by atoms with Crippen molar-refractivity contribution < 1.29 is 19.0 Å². The standard InChI is InChI=1S/C15H22O4/c1-15(2,3)9-11(16)14-12(18-5)7-10(17-4)8-13(14)19-6/h7-8H,9H2,1-6H3. The van der Waals surface area contributed by atoms with Gasteiger partial charge in [-0.15, -0.1) is 0 Å². The summed E-state index contributed by atoms with van der Waals surface area (Å²) in [6.45, 7) is 6.06. The van der Waals surface area contributed by atoms with Crippen molar-refractivity contribution in [2.45, 2.75) is 27.2 Å². The first kappa shape index (κ1) is 15.3. The van der Waals surface area contributed by atoms with Gasteiger partial charge >= 0.3 is 0 Å². The Morgan fingerprint density at radius 1 is 1.00 bits per heavy atom. The second-order valence-corrected chi connectivity index (χ2v) is 5.57. The van der Waals surface area contributed by atoms with Crippen molar-refractivity contribution in [1.29, 1.82) is 0 Å². The lowest BCUT2D eigenvalue weighted by Crippen LogP contribution is -2.15. The van der Waals surface area contributed by atoms with E-state index in [4.69, 9.17) is 14.2 Å². The molecule has 1 aromatic rings. The predicted octanol–water partition coefficient (Wildman–Crippen LogP) is 3.33. The highest BCUT2D eigenvalue weighted by molar-refractivity contribution is 6.02. The van der Waals surface area contributed by atoms with Crippen molar-refractivity contribution in [2.75, 3.05) is 21.3 Å². The molecule has 0 atom stereocenters.